The first-order valence-electron chi connectivity index (χ1n) is 5.19. The zero-order valence-corrected chi connectivity index (χ0v) is 12.8. The summed E-state index contributed by atoms with van der Waals surface area (Å²) in [5.74, 6) is -0.507. The molecule has 0 radical (unpaired) electrons. The zero-order chi connectivity index (χ0) is 14.0. The minimum absolute atomic E-state index is 0.0993. The van der Waals surface area contributed by atoms with E-state index in [0.29, 0.717) is 3.79 Å². The van der Waals surface area contributed by atoms with E-state index in [1.54, 1.807) is 0 Å². The highest BCUT2D eigenvalue weighted by Gasteiger charge is 2.20. The molecule has 0 unspecified atom stereocenters. The first kappa shape index (κ1) is 14.4. The number of hydrogen-bond acceptors (Lipinski definition) is 4. The fourth-order valence-electron chi connectivity index (χ4n) is 1.44. The predicted molar refractivity (Wildman–Crippen MR) is 77.1 cm³/mol. The van der Waals surface area contributed by atoms with Gasteiger partial charge in [0.1, 0.15) is 10.7 Å². The average Bonchev–Trinajstić information content (AvgIpc) is 2.71. The van der Waals surface area contributed by atoms with Gasteiger partial charge < -0.3 is 5.73 Å². The van der Waals surface area contributed by atoms with Gasteiger partial charge in [-0.1, -0.05) is 6.07 Å². The van der Waals surface area contributed by atoms with E-state index < -0.39 is 15.8 Å². The van der Waals surface area contributed by atoms with Crippen LogP contribution in [0.5, 0.6) is 0 Å². The summed E-state index contributed by atoms with van der Waals surface area (Å²) in [4.78, 5) is 0.841. The van der Waals surface area contributed by atoms with Gasteiger partial charge in [-0.15, -0.1) is 11.3 Å². The molecule has 0 aliphatic carbocycles. The highest BCUT2D eigenvalue weighted by molar-refractivity contribution is 9.11. The number of halogens is 2. The molecule has 8 heteroatoms. The van der Waals surface area contributed by atoms with Crippen LogP contribution in [0.1, 0.15) is 4.88 Å². The lowest BCUT2D eigenvalue weighted by molar-refractivity contribution is 0.601. The smallest absolute Gasteiger partial charge is 0.263 e. The summed E-state index contributed by atoms with van der Waals surface area (Å²) in [6.45, 7) is 0.263. The van der Waals surface area contributed by atoms with E-state index in [2.05, 4.69) is 20.7 Å². The molecule has 0 spiro atoms. The van der Waals surface area contributed by atoms with Crippen molar-refractivity contribution in [2.45, 2.75) is 11.4 Å². The lowest BCUT2D eigenvalue weighted by atomic mass is 10.3. The number of benzene rings is 1. The summed E-state index contributed by atoms with van der Waals surface area (Å²) in [7, 11) is -3.76. The van der Waals surface area contributed by atoms with E-state index in [1.165, 1.54) is 35.6 Å². The van der Waals surface area contributed by atoms with Crippen LogP contribution in [0.2, 0.25) is 0 Å². The Bertz CT molecular complexity index is 700. The van der Waals surface area contributed by atoms with E-state index >= 15 is 0 Å². The Morgan fingerprint density at radius 3 is 2.68 bits per heavy atom. The Balaban J connectivity index is 2.34. The molecule has 0 saturated carbocycles. The fourth-order valence-corrected chi connectivity index (χ4v) is 5.06. The number of thiophene rings is 1. The Morgan fingerprint density at radius 1 is 1.37 bits per heavy atom. The zero-order valence-electron chi connectivity index (χ0n) is 9.56. The van der Waals surface area contributed by atoms with Crippen molar-refractivity contribution in [3.63, 3.8) is 0 Å². The van der Waals surface area contributed by atoms with Crippen LogP contribution in [0.25, 0.3) is 0 Å². The van der Waals surface area contributed by atoms with Gasteiger partial charge in [0.25, 0.3) is 10.0 Å². The van der Waals surface area contributed by atoms with Crippen molar-refractivity contribution in [2.24, 2.45) is 5.73 Å². The third-order valence-electron chi connectivity index (χ3n) is 2.27. The molecule has 102 valence electrons. The Hall–Kier alpha value is -0.960. The molecular weight excluding hydrogens is 355 g/mol. The van der Waals surface area contributed by atoms with Gasteiger partial charge in [0.15, 0.2) is 0 Å². The SMILES string of the molecule is NCc1cc(S(=O)(=O)Nc2cccc(F)c2)c(Br)s1. The van der Waals surface area contributed by atoms with Gasteiger partial charge in [-0.2, -0.15) is 0 Å². The van der Waals surface area contributed by atoms with Crippen LogP contribution in [0.3, 0.4) is 0 Å². The van der Waals surface area contributed by atoms with Crippen molar-refractivity contribution in [3.8, 4) is 0 Å². The summed E-state index contributed by atoms with van der Waals surface area (Å²) in [6.07, 6.45) is 0. The Morgan fingerprint density at radius 2 is 2.11 bits per heavy atom. The normalized spacial score (nSPS) is 11.5. The third kappa shape index (κ3) is 3.33. The van der Waals surface area contributed by atoms with Gasteiger partial charge in [-0.3, -0.25) is 4.72 Å². The molecule has 0 bridgehead atoms. The van der Waals surface area contributed by atoms with Gasteiger partial charge in [-0.25, -0.2) is 12.8 Å². The van der Waals surface area contributed by atoms with Crippen molar-refractivity contribution in [2.75, 3.05) is 4.72 Å². The van der Waals surface area contributed by atoms with Crippen LogP contribution in [0, 0.1) is 5.82 Å². The quantitative estimate of drug-likeness (QED) is 0.875. The molecule has 0 saturated heterocycles. The summed E-state index contributed by atoms with van der Waals surface area (Å²) in [5.41, 5.74) is 5.65. The van der Waals surface area contributed by atoms with Crippen LogP contribution in [-0.4, -0.2) is 8.42 Å². The molecular formula is C11H10BrFN2O2S2. The van der Waals surface area contributed by atoms with E-state index in [9.17, 15) is 12.8 Å². The van der Waals surface area contributed by atoms with E-state index in [0.717, 1.165) is 10.9 Å². The standard InChI is InChI=1S/C11H10BrFN2O2S2/c12-11-10(5-9(6-14)18-11)19(16,17)15-8-3-1-2-7(13)4-8/h1-5,15H,6,14H2. The van der Waals surface area contributed by atoms with Crippen LogP contribution >= 0.6 is 27.3 Å². The third-order valence-corrected chi connectivity index (χ3v) is 5.93. The molecule has 1 aromatic carbocycles. The topological polar surface area (TPSA) is 72.2 Å². The molecule has 2 rings (SSSR count). The molecule has 0 aliphatic heterocycles. The number of nitrogens with two attached hydrogens (primary N) is 1. The average molecular weight is 365 g/mol. The van der Waals surface area contributed by atoms with Crippen molar-refractivity contribution < 1.29 is 12.8 Å². The molecule has 0 amide bonds. The maximum absolute atomic E-state index is 13.0. The Labute approximate surface area is 122 Å². The summed E-state index contributed by atoms with van der Waals surface area (Å²) in [6, 6.07) is 6.76. The monoisotopic (exact) mass is 364 g/mol. The van der Waals surface area contributed by atoms with Crippen LogP contribution in [0.4, 0.5) is 10.1 Å². The highest BCUT2D eigenvalue weighted by atomic mass is 79.9. The van der Waals surface area contributed by atoms with Crippen molar-refractivity contribution in [1.82, 2.24) is 0 Å². The molecule has 4 nitrogen and oxygen atoms in total. The number of nitrogens with one attached hydrogen (secondary N) is 1. The summed E-state index contributed by atoms with van der Waals surface area (Å²) in [5, 5.41) is 0. The Kier molecular flexibility index (Phi) is 4.24. The van der Waals surface area contributed by atoms with Gasteiger partial charge in [0.2, 0.25) is 0 Å². The fraction of sp³-hybridized carbons (Fsp3) is 0.0909. The molecule has 3 N–H and O–H groups in total. The first-order valence-corrected chi connectivity index (χ1v) is 8.28. The summed E-state index contributed by atoms with van der Waals surface area (Å²) >= 11 is 4.44. The van der Waals surface area contributed by atoms with Crippen LogP contribution < -0.4 is 10.5 Å². The van der Waals surface area contributed by atoms with E-state index in [4.69, 9.17) is 5.73 Å². The molecule has 1 aromatic heterocycles. The largest absolute Gasteiger partial charge is 0.326 e. The van der Waals surface area contributed by atoms with Crippen molar-refractivity contribution >= 4 is 43.0 Å². The van der Waals surface area contributed by atoms with Gasteiger partial charge in [-0.05, 0) is 40.2 Å². The molecule has 19 heavy (non-hydrogen) atoms. The van der Waals surface area contributed by atoms with Crippen LogP contribution in [-0.2, 0) is 16.6 Å². The molecule has 1 heterocycles. The van der Waals surface area contributed by atoms with Gasteiger partial charge in [0, 0.05) is 11.4 Å². The molecule has 2 aromatic rings. The maximum atomic E-state index is 13.0. The second kappa shape index (κ2) is 5.58. The number of hydrogen-bond donors (Lipinski definition) is 2. The van der Waals surface area contributed by atoms with Gasteiger partial charge in [0.05, 0.1) is 9.47 Å². The molecule has 0 atom stereocenters. The number of rotatable bonds is 4. The van der Waals surface area contributed by atoms with Crippen molar-refractivity contribution in [3.05, 3.63) is 44.8 Å². The van der Waals surface area contributed by atoms with E-state index in [-0.39, 0.29) is 17.1 Å². The second-order valence-electron chi connectivity index (χ2n) is 3.67. The second-order valence-corrected chi connectivity index (χ2v) is 7.78. The minimum atomic E-state index is -3.76. The number of anilines is 1. The first-order chi connectivity index (χ1) is 8.92. The van der Waals surface area contributed by atoms with E-state index in [1.807, 2.05) is 0 Å². The number of sulfonamides is 1. The highest BCUT2D eigenvalue weighted by Crippen LogP contribution is 2.32. The van der Waals surface area contributed by atoms with Gasteiger partial charge >= 0.3 is 0 Å². The predicted octanol–water partition coefficient (Wildman–Crippen LogP) is 2.91. The maximum Gasteiger partial charge on any atom is 0.263 e. The lowest BCUT2D eigenvalue weighted by Crippen LogP contribution is -2.12. The van der Waals surface area contributed by atoms with Crippen LogP contribution in [0.15, 0.2) is 39.0 Å². The molecule has 0 fully saturated rings. The minimum Gasteiger partial charge on any atom is -0.326 e. The summed E-state index contributed by atoms with van der Waals surface area (Å²) < 4.78 is 40.1. The van der Waals surface area contributed by atoms with Crippen molar-refractivity contribution in [1.29, 1.82) is 0 Å². The lowest BCUT2D eigenvalue weighted by Gasteiger charge is -2.06. The molecule has 0 aliphatic rings.